The zero-order valence-electron chi connectivity index (χ0n) is 9.04. The number of halogens is 1. The first-order valence-electron chi connectivity index (χ1n) is 4.76. The number of hydrogen-bond acceptors (Lipinski definition) is 3. The Morgan fingerprint density at radius 3 is 2.75 bits per heavy atom. The van der Waals surface area contributed by atoms with Crippen LogP contribution in [-0.4, -0.2) is 19.0 Å². The van der Waals surface area contributed by atoms with Crippen molar-refractivity contribution in [2.24, 2.45) is 0 Å². The van der Waals surface area contributed by atoms with E-state index in [1.807, 2.05) is 0 Å². The highest BCUT2D eigenvalue weighted by molar-refractivity contribution is 5.83. The summed E-state index contributed by atoms with van der Waals surface area (Å²) in [4.78, 5) is 11.2. The normalized spacial score (nSPS) is 11.4. The molecule has 0 bridgehead atoms. The highest BCUT2D eigenvalue weighted by atomic mass is 19.1. The van der Waals surface area contributed by atoms with Crippen molar-refractivity contribution in [1.82, 2.24) is 5.32 Å². The van der Waals surface area contributed by atoms with Crippen LogP contribution in [0.4, 0.5) is 10.1 Å². The summed E-state index contributed by atoms with van der Waals surface area (Å²) in [5.41, 5.74) is 0.450. The zero-order chi connectivity index (χ0) is 12.1. The molecule has 0 fully saturated rings. The second kappa shape index (κ2) is 5.12. The zero-order valence-corrected chi connectivity index (χ0v) is 9.04. The lowest BCUT2D eigenvalue weighted by molar-refractivity contribution is -0.121. The largest absolute Gasteiger partial charge is 0.374 e. The van der Waals surface area contributed by atoms with E-state index in [-0.39, 0.29) is 11.5 Å². The predicted octanol–water partition coefficient (Wildman–Crippen LogP) is 1.24. The molecule has 2 N–H and O–H groups in total. The van der Waals surface area contributed by atoms with Gasteiger partial charge in [-0.05, 0) is 25.1 Å². The number of anilines is 1. The van der Waals surface area contributed by atoms with Gasteiger partial charge in [0.2, 0.25) is 5.91 Å². The molecular weight excluding hydrogens is 209 g/mol. The SMILES string of the molecule is CNC(=O)C(C)Nc1ccc(C#N)c(F)c1. The average Bonchev–Trinajstić information content (AvgIpc) is 2.28. The third-order valence-electron chi connectivity index (χ3n) is 2.11. The molecule has 1 aromatic rings. The number of hydrogen-bond donors (Lipinski definition) is 2. The smallest absolute Gasteiger partial charge is 0.241 e. The van der Waals surface area contributed by atoms with Crippen molar-refractivity contribution in [3.05, 3.63) is 29.6 Å². The number of carbonyl (C=O) groups is 1. The van der Waals surface area contributed by atoms with E-state index in [4.69, 9.17) is 5.26 Å². The Morgan fingerprint density at radius 1 is 1.56 bits per heavy atom. The summed E-state index contributed by atoms with van der Waals surface area (Å²) in [6, 6.07) is 5.39. The van der Waals surface area contributed by atoms with Crippen molar-refractivity contribution in [2.75, 3.05) is 12.4 Å². The van der Waals surface area contributed by atoms with Gasteiger partial charge in [0.05, 0.1) is 5.56 Å². The molecule has 4 nitrogen and oxygen atoms in total. The third-order valence-corrected chi connectivity index (χ3v) is 2.11. The van der Waals surface area contributed by atoms with E-state index in [0.29, 0.717) is 5.69 Å². The minimum Gasteiger partial charge on any atom is -0.374 e. The van der Waals surface area contributed by atoms with Crippen LogP contribution in [0.1, 0.15) is 12.5 Å². The molecule has 1 unspecified atom stereocenters. The second-order valence-electron chi connectivity index (χ2n) is 3.29. The van der Waals surface area contributed by atoms with Crippen molar-refractivity contribution in [3.63, 3.8) is 0 Å². The number of rotatable bonds is 3. The molecule has 84 valence electrons. The van der Waals surface area contributed by atoms with Crippen molar-refractivity contribution in [2.45, 2.75) is 13.0 Å². The minimum absolute atomic E-state index is 0.0156. The van der Waals surface area contributed by atoms with Gasteiger partial charge in [-0.2, -0.15) is 5.26 Å². The van der Waals surface area contributed by atoms with Crippen molar-refractivity contribution < 1.29 is 9.18 Å². The van der Waals surface area contributed by atoms with Gasteiger partial charge in [0.1, 0.15) is 17.9 Å². The Balaban J connectivity index is 2.80. The van der Waals surface area contributed by atoms with Crippen LogP contribution in [0.3, 0.4) is 0 Å². The Morgan fingerprint density at radius 2 is 2.25 bits per heavy atom. The molecule has 0 heterocycles. The summed E-state index contributed by atoms with van der Waals surface area (Å²) in [6.07, 6.45) is 0. The van der Waals surface area contributed by atoms with Crippen LogP contribution in [0.5, 0.6) is 0 Å². The number of likely N-dealkylation sites (N-methyl/N-ethyl adjacent to an activating group) is 1. The lowest BCUT2D eigenvalue weighted by Crippen LogP contribution is -2.35. The molecule has 0 saturated heterocycles. The highest BCUT2D eigenvalue weighted by Crippen LogP contribution is 2.14. The average molecular weight is 221 g/mol. The molecule has 0 aliphatic heterocycles. The quantitative estimate of drug-likeness (QED) is 0.807. The number of benzene rings is 1. The second-order valence-corrected chi connectivity index (χ2v) is 3.29. The minimum atomic E-state index is -0.600. The van der Waals surface area contributed by atoms with Crippen molar-refractivity contribution in [3.8, 4) is 6.07 Å². The number of nitrogens with one attached hydrogen (secondary N) is 2. The van der Waals surface area contributed by atoms with Gasteiger partial charge in [-0.25, -0.2) is 4.39 Å². The number of amides is 1. The molecule has 0 radical (unpaired) electrons. The molecule has 0 spiro atoms. The van der Waals surface area contributed by atoms with Gasteiger partial charge >= 0.3 is 0 Å². The van der Waals surface area contributed by atoms with Crippen molar-refractivity contribution in [1.29, 1.82) is 5.26 Å². The first-order valence-corrected chi connectivity index (χ1v) is 4.76. The molecule has 1 atom stereocenters. The molecule has 1 rings (SSSR count). The maximum atomic E-state index is 13.2. The van der Waals surface area contributed by atoms with Crippen LogP contribution in [0.2, 0.25) is 0 Å². The Kier molecular flexibility index (Phi) is 3.84. The first-order chi connectivity index (χ1) is 7.58. The fourth-order valence-electron chi connectivity index (χ4n) is 1.23. The van der Waals surface area contributed by atoms with E-state index in [0.717, 1.165) is 0 Å². The summed E-state index contributed by atoms with van der Waals surface area (Å²) < 4.78 is 13.2. The molecule has 5 heteroatoms. The van der Waals surface area contributed by atoms with E-state index in [9.17, 15) is 9.18 Å². The number of nitrogens with zero attached hydrogens (tertiary/aromatic N) is 1. The van der Waals surface area contributed by atoms with Crippen LogP contribution < -0.4 is 10.6 Å². The Bertz CT molecular complexity index is 439. The van der Waals surface area contributed by atoms with Crippen LogP contribution >= 0.6 is 0 Å². The Hall–Kier alpha value is -2.09. The van der Waals surface area contributed by atoms with Gasteiger partial charge in [0.25, 0.3) is 0 Å². The van der Waals surface area contributed by atoms with Gasteiger partial charge in [0.15, 0.2) is 0 Å². The van der Waals surface area contributed by atoms with Gasteiger partial charge in [-0.3, -0.25) is 4.79 Å². The van der Waals surface area contributed by atoms with Gasteiger partial charge in [0, 0.05) is 12.7 Å². The van der Waals surface area contributed by atoms with Crippen molar-refractivity contribution >= 4 is 11.6 Å². The molecular formula is C11H12FN3O. The molecule has 0 saturated carbocycles. The fourth-order valence-corrected chi connectivity index (χ4v) is 1.23. The van der Waals surface area contributed by atoms with Crippen LogP contribution in [-0.2, 0) is 4.79 Å². The number of carbonyl (C=O) groups excluding carboxylic acids is 1. The van der Waals surface area contributed by atoms with Gasteiger partial charge in [-0.15, -0.1) is 0 Å². The summed E-state index contributed by atoms with van der Waals surface area (Å²) in [5.74, 6) is -0.790. The topological polar surface area (TPSA) is 64.9 Å². The standard InChI is InChI=1S/C11H12FN3O/c1-7(11(16)14-2)15-9-4-3-8(6-13)10(12)5-9/h3-5,7,15H,1-2H3,(H,14,16). The lowest BCUT2D eigenvalue weighted by Gasteiger charge is -2.13. The maximum absolute atomic E-state index is 13.2. The summed E-state index contributed by atoms with van der Waals surface area (Å²) in [7, 11) is 1.53. The monoisotopic (exact) mass is 221 g/mol. The van der Waals surface area contributed by atoms with Crippen LogP contribution in [0.25, 0.3) is 0 Å². The summed E-state index contributed by atoms with van der Waals surface area (Å²) >= 11 is 0. The van der Waals surface area contributed by atoms with E-state index in [1.54, 1.807) is 19.1 Å². The summed E-state index contributed by atoms with van der Waals surface area (Å²) in [5, 5.41) is 13.8. The first kappa shape index (κ1) is 12.0. The van der Waals surface area contributed by atoms with Gasteiger partial charge < -0.3 is 10.6 Å². The fraction of sp³-hybridized carbons (Fsp3) is 0.273. The Labute approximate surface area is 93.1 Å². The molecule has 1 amide bonds. The number of nitriles is 1. The third kappa shape index (κ3) is 2.70. The molecule has 16 heavy (non-hydrogen) atoms. The maximum Gasteiger partial charge on any atom is 0.241 e. The van der Waals surface area contributed by atoms with Crippen LogP contribution in [0, 0.1) is 17.1 Å². The summed E-state index contributed by atoms with van der Waals surface area (Å²) in [6.45, 7) is 1.66. The van der Waals surface area contributed by atoms with E-state index in [1.165, 1.54) is 19.2 Å². The molecule has 0 aliphatic carbocycles. The van der Waals surface area contributed by atoms with Crippen LogP contribution in [0.15, 0.2) is 18.2 Å². The van der Waals surface area contributed by atoms with E-state index < -0.39 is 11.9 Å². The van der Waals surface area contributed by atoms with Gasteiger partial charge in [-0.1, -0.05) is 0 Å². The van der Waals surface area contributed by atoms with E-state index in [2.05, 4.69) is 10.6 Å². The molecule has 0 aliphatic rings. The highest BCUT2D eigenvalue weighted by Gasteiger charge is 2.11. The van der Waals surface area contributed by atoms with E-state index >= 15 is 0 Å². The molecule has 1 aromatic carbocycles. The lowest BCUT2D eigenvalue weighted by atomic mass is 10.2. The predicted molar refractivity (Wildman–Crippen MR) is 58.3 cm³/mol. The molecule has 0 aromatic heterocycles.